The molecule has 1 fully saturated rings. The van der Waals surface area contributed by atoms with Crippen molar-refractivity contribution in [3.8, 4) is 5.82 Å². The van der Waals surface area contributed by atoms with Crippen molar-refractivity contribution in [3.63, 3.8) is 0 Å². The van der Waals surface area contributed by atoms with Crippen LogP contribution in [0.3, 0.4) is 0 Å². The lowest BCUT2D eigenvalue weighted by Crippen LogP contribution is -2.54. The fourth-order valence-corrected chi connectivity index (χ4v) is 3.06. The number of carbonyl (C=O) groups is 1. The lowest BCUT2D eigenvalue weighted by molar-refractivity contribution is -0.0872. The highest BCUT2D eigenvalue weighted by molar-refractivity contribution is 6.30. The van der Waals surface area contributed by atoms with E-state index < -0.39 is 0 Å². The maximum Gasteiger partial charge on any atom is 0.317 e. The molecule has 140 valence electrons. The molecule has 0 aliphatic carbocycles. The summed E-state index contributed by atoms with van der Waals surface area (Å²) >= 11 is 5.97. The Hall–Kier alpha value is -2.12. The average Bonchev–Trinajstić information content (AvgIpc) is 3.06. The quantitative estimate of drug-likeness (QED) is 0.889. The standard InChI is InChI=1S/C18H24ClN5O2/c1-4-18(3)12-23(7-8-26-18)17(25)20-9-14-6-5-13(2)22-16(14)24-11-15(19)10-21-24/h5-6,10-11H,4,7-9,12H2,1-3H3,(H,20,25). The summed E-state index contributed by atoms with van der Waals surface area (Å²) in [7, 11) is 0. The number of hydrogen-bond donors (Lipinski definition) is 1. The highest BCUT2D eigenvalue weighted by Gasteiger charge is 2.32. The van der Waals surface area contributed by atoms with Gasteiger partial charge in [0, 0.05) is 24.3 Å². The molecule has 8 heteroatoms. The number of ether oxygens (including phenoxy) is 1. The minimum Gasteiger partial charge on any atom is -0.372 e. The predicted octanol–water partition coefficient (Wildman–Crippen LogP) is 2.94. The van der Waals surface area contributed by atoms with Crippen molar-refractivity contribution in [3.05, 3.63) is 40.8 Å². The van der Waals surface area contributed by atoms with Crippen molar-refractivity contribution >= 4 is 17.6 Å². The Morgan fingerprint density at radius 1 is 1.46 bits per heavy atom. The number of aryl methyl sites for hydroxylation is 1. The van der Waals surface area contributed by atoms with E-state index in [4.69, 9.17) is 16.3 Å². The summed E-state index contributed by atoms with van der Waals surface area (Å²) in [6.07, 6.45) is 4.12. The van der Waals surface area contributed by atoms with Crippen LogP contribution in [-0.2, 0) is 11.3 Å². The van der Waals surface area contributed by atoms with Gasteiger partial charge < -0.3 is 15.0 Å². The summed E-state index contributed by atoms with van der Waals surface area (Å²) in [5.74, 6) is 0.664. The molecule has 1 saturated heterocycles. The average molecular weight is 378 g/mol. The number of aromatic nitrogens is 3. The first-order valence-corrected chi connectivity index (χ1v) is 9.12. The van der Waals surface area contributed by atoms with Gasteiger partial charge in [-0.15, -0.1) is 0 Å². The van der Waals surface area contributed by atoms with Crippen LogP contribution in [0, 0.1) is 6.92 Å². The number of nitrogens with zero attached hydrogens (tertiary/aromatic N) is 4. The summed E-state index contributed by atoms with van der Waals surface area (Å²) in [6, 6.07) is 3.76. The van der Waals surface area contributed by atoms with E-state index in [1.807, 2.05) is 26.0 Å². The second-order valence-corrected chi connectivity index (χ2v) is 7.21. The molecule has 1 aliphatic rings. The summed E-state index contributed by atoms with van der Waals surface area (Å²) in [4.78, 5) is 18.9. The molecular formula is C18H24ClN5O2. The van der Waals surface area contributed by atoms with Gasteiger partial charge in [-0.05, 0) is 26.3 Å². The van der Waals surface area contributed by atoms with Crippen LogP contribution in [0.5, 0.6) is 0 Å². The van der Waals surface area contributed by atoms with Crippen molar-refractivity contribution in [2.75, 3.05) is 19.7 Å². The van der Waals surface area contributed by atoms with Crippen LogP contribution in [0.4, 0.5) is 4.79 Å². The lowest BCUT2D eigenvalue weighted by Gasteiger charge is -2.39. The van der Waals surface area contributed by atoms with Gasteiger partial charge >= 0.3 is 6.03 Å². The lowest BCUT2D eigenvalue weighted by atomic mass is 10.0. The van der Waals surface area contributed by atoms with Crippen molar-refractivity contribution in [1.29, 1.82) is 0 Å². The maximum atomic E-state index is 12.6. The minimum absolute atomic E-state index is 0.0991. The molecule has 0 spiro atoms. The van der Waals surface area contributed by atoms with Crippen LogP contribution < -0.4 is 5.32 Å². The monoisotopic (exact) mass is 377 g/mol. The first kappa shape index (κ1) is 18.7. The zero-order valence-electron chi connectivity index (χ0n) is 15.3. The Kier molecular flexibility index (Phi) is 5.48. The molecule has 1 unspecified atom stereocenters. The van der Waals surface area contributed by atoms with Gasteiger partial charge in [0.15, 0.2) is 5.82 Å². The Morgan fingerprint density at radius 3 is 2.96 bits per heavy atom. The molecule has 0 aromatic carbocycles. The van der Waals surface area contributed by atoms with Crippen LogP contribution >= 0.6 is 11.6 Å². The van der Waals surface area contributed by atoms with Crippen LogP contribution in [0.15, 0.2) is 24.5 Å². The molecule has 1 N–H and O–H groups in total. The van der Waals surface area contributed by atoms with E-state index in [0.717, 1.165) is 17.7 Å². The molecule has 2 aromatic rings. The number of amides is 2. The number of rotatable bonds is 4. The predicted molar refractivity (Wildman–Crippen MR) is 99.6 cm³/mol. The van der Waals surface area contributed by atoms with Gasteiger partial charge in [0.05, 0.1) is 36.2 Å². The normalized spacial score (nSPS) is 20.2. The SMILES string of the molecule is CCC1(C)CN(C(=O)NCc2ccc(C)nc2-n2cc(Cl)cn2)CCO1. The van der Waals surface area contributed by atoms with Gasteiger partial charge in [0.1, 0.15) is 0 Å². The molecule has 1 aliphatic heterocycles. The minimum atomic E-state index is -0.280. The fourth-order valence-electron chi connectivity index (χ4n) is 2.93. The molecule has 3 rings (SSSR count). The Balaban J connectivity index is 1.71. The molecule has 0 radical (unpaired) electrons. The third kappa shape index (κ3) is 4.16. The highest BCUT2D eigenvalue weighted by atomic mass is 35.5. The van der Waals surface area contributed by atoms with Gasteiger partial charge in [0.25, 0.3) is 0 Å². The summed E-state index contributed by atoms with van der Waals surface area (Å²) in [5.41, 5.74) is 1.46. The second-order valence-electron chi connectivity index (χ2n) is 6.77. The van der Waals surface area contributed by atoms with E-state index in [9.17, 15) is 4.79 Å². The summed E-state index contributed by atoms with van der Waals surface area (Å²) in [5, 5.41) is 7.74. The summed E-state index contributed by atoms with van der Waals surface area (Å²) < 4.78 is 7.42. The van der Waals surface area contributed by atoms with Crippen molar-refractivity contribution in [1.82, 2.24) is 25.0 Å². The van der Waals surface area contributed by atoms with Crippen LogP contribution in [0.2, 0.25) is 5.02 Å². The Morgan fingerprint density at radius 2 is 2.27 bits per heavy atom. The second kappa shape index (κ2) is 7.63. The van der Waals surface area contributed by atoms with Gasteiger partial charge in [-0.1, -0.05) is 24.6 Å². The van der Waals surface area contributed by atoms with E-state index >= 15 is 0 Å². The molecular weight excluding hydrogens is 354 g/mol. The molecule has 1 atom stereocenters. The largest absolute Gasteiger partial charge is 0.372 e. The fraction of sp³-hybridized carbons (Fsp3) is 0.500. The van der Waals surface area contributed by atoms with Crippen LogP contribution in [-0.4, -0.2) is 51.0 Å². The molecule has 3 heterocycles. The molecule has 0 saturated carbocycles. The third-order valence-corrected chi connectivity index (χ3v) is 4.86. The number of halogens is 1. The molecule has 0 bridgehead atoms. The van der Waals surface area contributed by atoms with E-state index in [-0.39, 0.29) is 11.6 Å². The van der Waals surface area contributed by atoms with Crippen LogP contribution in [0.1, 0.15) is 31.5 Å². The van der Waals surface area contributed by atoms with E-state index in [1.54, 1.807) is 22.0 Å². The van der Waals surface area contributed by atoms with E-state index in [2.05, 4.69) is 22.3 Å². The van der Waals surface area contributed by atoms with Gasteiger partial charge in [-0.2, -0.15) is 5.10 Å². The number of morpholine rings is 1. The van der Waals surface area contributed by atoms with Crippen molar-refractivity contribution in [2.45, 2.75) is 39.3 Å². The number of nitrogens with one attached hydrogen (secondary N) is 1. The highest BCUT2D eigenvalue weighted by Crippen LogP contribution is 2.21. The van der Waals surface area contributed by atoms with Crippen molar-refractivity contribution in [2.24, 2.45) is 0 Å². The van der Waals surface area contributed by atoms with Crippen molar-refractivity contribution < 1.29 is 9.53 Å². The number of carbonyl (C=O) groups excluding carboxylic acids is 1. The molecule has 2 amide bonds. The number of urea groups is 1. The van der Waals surface area contributed by atoms with E-state index in [0.29, 0.717) is 37.1 Å². The topological polar surface area (TPSA) is 72.3 Å². The van der Waals surface area contributed by atoms with E-state index in [1.165, 1.54) is 0 Å². The Bertz CT molecular complexity index is 794. The van der Waals surface area contributed by atoms with Gasteiger partial charge in [0.2, 0.25) is 0 Å². The molecule has 2 aromatic heterocycles. The molecule has 7 nitrogen and oxygen atoms in total. The Labute approximate surface area is 158 Å². The zero-order chi connectivity index (χ0) is 18.7. The number of pyridine rings is 1. The number of hydrogen-bond acceptors (Lipinski definition) is 4. The summed E-state index contributed by atoms with van der Waals surface area (Å²) in [6.45, 7) is 8.12. The van der Waals surface area contributed by atoms with Gasteiger partial charge in [-0.3, -0.25) is 0 Å². The first-order chi connectivity index (χ1) is 12.4. The first-order valence-electron chi connectivity index (χ1n) is 8.74. The third-order valence-electron chi connectivity index (χ3n) is 4.67. The maximum absolute atomic E-state index is 12.6. The van der Waals surface area contributed by atoms with Crippen LogP contribution in [0.25, 0.3) is 5.82 Å². The zero-order valence-corrected chi connectivity index (χ0v) is 16.1. The van der Waals surface area contributed by atoms with Gasteiger partial charge in [-0.25, -0.2) is 14.5 Å². The molecule has 26 heavy (non-hydrogen) atoms. The smallest absolute Gasteiger partial charge is 0.317 e.